The third kappa shape index (κ3) is 3.69. The quantitative estimate of drug-likeness (QED) is 0.605. The standard InChI is InChI=1S/C22H22O4/c1-14(2)25-21-17-11-7-8-12-19(17)26-22(24)20(21)18(13-15(3)23)16-9-5-4-6-10-16/h4-12,14,18H,13H2,1-3H3. The summed E-state index contributed by atoms with van der Waals surface area (Å²) in [7, 11) is 0. The summed E-state index contributed by atoms with van der Waals surface area (Å²) >= 11 is 0. The minimum Gasteiger partial charge on any atom is -0.490 e. The number of carbonyl (C=O) groups is 1. The second kappa shape index (κ2) is 7.56. The van der Waals surface area contributed by atoms with Crippen LogP contribution in [0.3, 0.4) is 0 Å². The molecule has 0 saturated heterocycles. The van der Waals surface area contributed by atoms with Crippen LogP contribution in [0.2, 0.25) is 0 Å². The predicted octanol–water partition coefficient (Wildman–Crippen LogP) is 4.69. The molecule has 1 aromatic heterocycles. The Bertz CT molecular complexity index is 970. The van der Waals surface area contributed by atoms with Gasteiger partial charge in [0.15, 0.2) is 0 Å². The average Bonchev–Trinajstić information content (AvgIpc) is 2.60. The van der Waals surface area contributed by atoms with Crippen LogP contribution in [0.5, 0.6) is 5.75 Å². The third-order valence-corrected chi connectivity index (χ3v) is 4.19. The van der Waals surface area contributed by atoms with E-state index in [-0.39, 0.29) is 18.3 Å². The molecular formula is C22H22O4. The van der Waals surface area contributed by atoms with Gasteiger partial charge in [-0.15, -0.1) is 0 Å². The average molecular weight is 350 g/mol. The molecule has 4 heteroatoms. The summed E-state index contributed by atoms with van der Waals surface area (Å²) in [5.41, 5.74) is 1.30. The molecule has 0 spiro atoms. The summed E-state index contributed by atoms with van der Waals surface area (Å²) < 4.78 is 11.6. The van der Waals surface area contributed by atoms with Crippen molar-refractivity contribution in [3.05, 3.63) is 76.1 Å². The number of para-hydroxylation sites is 1. The van der Waals surface area contributed by atoms with Gasteiger partial charge in [0.25, 0.3) is 0 Å². The first-order chi connectivity index (χ1) is 12.5. The fraction of sp³-hybridized carbons (Fsp3) is 0.273. The number of hydrogen-bond acceptors (Lipinski definition) is 4. The molecule has 1 heterocycles. The van der Waals surface area contributed by atoms with Gasteiger partial charge in [-0.1, -0.05) is 42.5 Å². The van der Waals surface area contributed by atoms with Crippen LogP contribution in [0.25, 0.3) is 11.0 Å². The highest BCUT2D eigenvalue weighted by Crippen LogP contribution is 2.37. The second-order valence-electron chi connectivity index (χ2n) is 6.66. The minimum absolute atomic E-state index is 0.00177. The van der Waals surface area contributed by atoms with E-state index >= 15 is 0 Å². The summed E-state index contributed by atoms with van der Waals surface area (Å²) in [6, 6.07) is 16.8. The number of Topliss-reactive ketones (excluding diaryl/α,β-unsaturated/α-hetero) is 1. The van der Waals surface area contributed by atoms with Crippen molar-refractivity contribution >= 4 is 16.8 Å². The Hall–Kier alpha value is -2.88. The zero-order valence-electron chi connectivity index (χ0n) is 15.2. The lowest BCUT2D eigenvalue weighted by molar-refractivity contribution is -0.117. The number of fused-ring (bicyclic) bond motifs is 1. The maximum Gasteiger partial charge on any atom is 0.343 e. The number of rotatable bonds is 6. The van der Waals surface area contributed by atoms with E-state index in [0.717, 1.165) is 10.9 Å². The first kappa shape index (κ1) is 17.9. The number of hydrogen-bond donors (Lipinski definition) is 0. The predicted molar refractivity (Wildman–Crippen MR) is 102 cm³/mol. The second-order valence-corrected chi connectivity index (χ2v) is 6.66. The van der Waals surface area contributed by atoms with Crippen molar-refractivity contribution in [1.29, 1.82) is 0 Å². The van der Waals surface area contributed by atoms with Gasteiger partial charge in [0.05, 0.1) is 17.1 Å². The van der Waals surface area contributed by atoms with Gasteiger partial charge in [0, 0.05) is 12.3 Å². The van der Waals surface area contributed by atoms with E-state index in [4.69, 9.17) is 9.15 Å². The van der Waals surface area contributed by atoms with Crippen molar-refractivity contribution in [2.24, 2.45) is 0 Å². The van der Waals surface area contributed by atoms with E-state index in [1.54, 1.807) is 6.07 Å². The largest absolute Gasteiger partial charge is 0.490 e. The van der Waals surface area contributed by atoms with Crippen molar-refractivity contribution in [3.63, 3.8) is 0 Å². The van der Waals surface area contributed by atoms with Gasteiger partial charge in [-0.25, -0.2) is 4.79 Å². The van der Waals surface area contributed by atoms with Gasteiger partial charge in [-0.05, 0) is 38.5 Å². The number of carbonyl (C=O) groups excluding carboxylic acids is 1. The Kier molecular flexibility index (Phi) is 5.21. The molecule has 0 radical (unpaired) electrons. The molecule has 0 N–H and O–H groups in total. The fourth-order valence-electron chi connectivity index (χ4n) is 3.16. The topological polar surface area (TPSA) is 56.5 Å². The molecule has 0 aliphatic carbocycles. The monoisotopic (exact) mass is 350 g/mol. The van der Waals surface area contributed by atoms with E-state index in [1.807, 2.05) is 62.4 Å². The third-order valence-electron chi connectivity index (χ3n) is 4.19. The summed E-state index contributed by atoms with van der Waals surface area (Å²) in [5, 5.41) is 0.736. The van der Waals surface area contributed by atoms with Crippen LogP contribution < -0.4 is 10.4 Å². The van der Waals surface area contributed by atoms with Gasteiger partial charge in [-0.3, -0.25) is 4.79 Å². The maximum atomic E-state index is 12.9. The molecule has 0 amide bonds. The van der Waals surface area contributed by atoms with Crippen LogP contribution in [0.1, 0.15) is 44.2 Å². The molecule has 3 rings (SSSR count). The molecule has 0 bridgehead atoms. The lowest BCUT2D eigenvalue weighted by Gasteiger charge is -2.21. The van der Waals surface area contributed by atoms with E-state index in [9.17, 15) is 9.59 Å². The normalized spacial score (nSPS) is 12.3. The minimum atomic E-state index is -0.463. The SMILES string of the molecule is CC(=O)CC(c1ccccc1)c1c(OC(C)C)c2ccccc2oc1=O. The highest BCUT2D eigenvalue weighted by Gasteiger charge is 2.27. The highest BCUT2D eigenvalue weighted by atomic mass is 16.5. The Morgan fingerprint density at radius 3 is 2.35 bits per heavy atom. The van der Waals surface area contributed by atoms with Gasteiger partial charge >= 0.3 is 5.63 Å². The molecule has 1 atom stereocenters. The van der Waals surface area contributed by atoms with Gasteiger partial charge in [-0.2, -0.15) is 0 Å². The van der Waals surface area contributed by atoms with E-state index < -0.39 is 11.5 Å². The van der Waals surface area contributed by atoms with Crippen LogP contribution in [0, 0.1) is 0 Å². The van der Waals surface area contributed by atoms with Crippen LogP contribution in [0.4, 0.5) is 0 Å². The van der Waals surface area contributed by atoms with Crippen molar-refractivity contribution in [2.75, 3.05) is 0 Å². The number of benzene rings is 2. The molecular weight excluding hydrogens is 328 g/mol. The zero-order chi connectivity index (χ0) is 18.7. The van der Waals surface area contributed by atoms with Gasteiger partial charge in [0.2, 0.25) is 0 Å². The molecule has 0 aliphatic heterocycles. The molecule has 2 aromatic carbocycles. The molecule has 0 saturated carbocycles. The molecule has 0 fully saturated rings. The summed E-state index contributed by atoms with van der Waals surface area (Å²) in [6.45, 7) is 5.35. The van der Waals surface area contributed by atoms with E-state index in [1.165, 1.54) is 6.92 Å². The Labute approximate surface area is 152 Å². The Balaban J connectivity index is 2.31. The zero-order valence-corrected chi connectivity index (χ0v) is 15.2. The Morgan fingerprint density at radius 2 is 1.69 bits per heavy atom. The Morgan fingerprint density at radius 1 is 1.04 bits per heavy atom. The summed E-state index contributed by atoms with van der Waals surface area (Å²) in [5.74, 6) is 0.0900. The first-order valence-corrected chi connectivity index (χ1v) is 8.74. The summed E-state index contributed by atoms with van der Waals surface area (Å²) in [4.78, 5) is 24.8. The van der Waals surface area contributed by atoms with Crippen LogP contribution in [-0.4, -0.2) is 11.9 Å². The van der Waals surface area contributed by atoms with Crippen LogP contribution >= 0.6 is 0 Å². The van der Waals surface area contributed by atoms with Crippen LogP contribution in [-0.2, 0) is 4.79 Å². The number of ether oxygens (including phenoxy) is 1. The lowest BCUT2D eigenvalue weighted by Crippen LogP contribution is -2.20. The summed E-state index contributed by atoms with van der Waals surface area (Å²) in [6.07, 6.45) is 0.0920. The van der Waals surface area contributed by atoms with E-state index in [2.05, 4.69) is 0 Å². The first-order valence-electron chi connectivity index (χ1n) is 8.74. The maximum absolute atomic E-state index is 12.9. The fourth-order valence-corrected chi connectivity index (χ4v) is 3.16. The van der Waals surface area contributed by atoms with E-state index in [0.29, 0.717) is 16.9 Å². The van der Waals surface area contributed by atoms with Crippen molar-refractivity contribution < 1.29 is 13.9 Å². The van der Waals surface area contributed by atoms with Crippen molar-refractivity contribution in [3.8, 4) is 5.75 Å². The van der Waals surface area contributed by atoms with Crippen molar-refractivity contribution in [1.82, 2.24) is 0 Å². The molecule has 134 valence electrons. The van der Waals surface area contributed by atoms with Crippen molar-refractivity contribution in [2.45, 2.75) is 39.2 Å². The van der Waals surface area contributed by atoms with Gasteiger partial charge < -0.3 is 9.15 Å². The lowest BCUT2D eigenvalue weighted by atomic mass is 9.87. The molecule has 1 unspecified atom stereocenters. The molecule has 0 aliphatic rings. The molecule has 3 aromatic rings. The number of ketones is 1. The molecule has 26 heavy (non-hydrogen) atoms. The smallest absolute Gasteiger partial charge is 0.343 e. The van der Waals surface area contributed by atoms with Crippen LogP contribution in [0.15, 0.2) is 63.8 Å². The van der Waals surface area contributed by atoms with Gasteiger partial charge in [0.1, 0.15) is 17.1 Å². The highest BCUT2D eigenvalue weighted by molar-refractivity contribution is 5.85. The molecule has 4 nitrogen and oxygen atoms in total.